The highest BCUT2D eigenvalue weighted by Gasteiger charge is 2.16. The predicted molar refractivity (Wildman–Crippen MR) is 90.9 cm³/mol. The number of hydrogen-bond donors (Lipinski definition) is 1. The van der Waals surface area contributed by atoms with Crippen molar-refractivity contribution < 1.29 is 24.1 Å². The van der Waals surface area contributed by atoms with Crippen LogP contribution in [-0.4, -0.2) is 33.5 Å². The maximum atomic E-state index is 10.3. The summed E-state index contributed by atoms with van der Waals surface area (Å²) in [7, 11) is 6.18. The fourth-order valence-electron chi connectivity index (χ4n) is 2.17. The average Bonchev–Trinajstić information content (AvgIpc) is 2.65. The molecule has 0 aromatic heterocycles. The average molecular weight is 328 g/mol. The number of methoxy groups -OCH3 is 4. The summed E-state index contributed by atoms with van der Waals surface area (Å²) in [5, 5.41) is 10.3. The van der Waals surface area contributed by atoms with Crippen molar-refractivity contribution in [1.82, 2.24) is 0 Å². The number of ether oxygens (including phenoxy) is 4. The van der Waals surface area contributed by atoms with Crippen molar-refractivity contribution in [1.29, 1.82) is 0 Å². The minimum atomic E-state index is -0.985. The molecule has 1 atom stereocenters. The lowest BCUT2D eigenvalue weighted by Crippen LogP contribution is -2.00. The number of rotatable bonds is 5. The van der Waals surface area contributed by atoms with Crippen LogP contribution >= 0.6 is 0 Å². The second-order valence-corrected chi connectivity index (χ2v) is 4.86. The molecule has 2 aromatic carbocycles. The zero-order chi connectivity index (χ0) is 17.5. The highest BCUT2D eigenvalue weighted by Crippen LogP contribution is 2.39. The Morgan fingerprint density at radius 1 is 0.833 bits per heavy atom. The molecular formula is C19H20O5. The molecule has 0 aliphatic heterocycles. The Labute approximate surface area is 141 Å². The number of benzene rings is 2. The van der Waals surface area contributed by atoms with Crippen molar-refractivity contribution in [2.75, 3.05) is 28.4 Å². The lowest BCUT2D eigenvalue weighted by Gasteiger charge is -2.14. The van der Waals surface area contributed by atoms with Crippen molar-refractivity contribution >= 4 is 0 Å². The number of hydrogen-bond acceptors (Lipinski definition) is 5. The molecule has 126 valence electrons. The first-order chi connectivity index (χ1) is 11.6. The van der Waals surface area contributed by atoms with Crippen LogP contribution in [0, 0.1) is 11.8 Å². The summed E-state index contributed by atoms with van der Waals surface area (Å²) in [4.78, 5) is 0. The van der Waals surface area contributed by atoms with Gasteiger partial charge in [-0.2, -0.15) is 0 Å². The van der Waals surface area contributed by atoms with E-state index in [1.165, 1.54) is 21.3 Å². The largest absolute Gasteiger partial charge is 0.497 e. The molecule has 5 heteroatoms. The summed E-state index contributed by atoms with van der Waals surface area (Å²) >= 11 is 0. The van der Waals surface area contributed by atoms with Gasteiger partial charge in [-0.25, -0.2) is 0 Å². The van der Waals surface area contributed by atoms with Gasteiger partial charge in [-0.3, -0.25) is 0 Å². The van der Waals surface area contributed by atoms with Crippen LogP contribution in [0.2, 0.25) is 0 Å². The molecule has 0 aliphatic rings. The predicted octanol–water partition coefficient (Wildman–Crippen LogP) is 2.81. The lowest BCUT2D eigenvalue weighted by molar-refractivity contribution is 0.236. The molecular weight excluding hydrogens is 308 g/mol. The molecule has 0 spiro atoms. The normalized spacial score (nSPS) is 11.0. The molecule has 24 heavy (non-hydrogen) atoms. The van der Waals surface area contributed by atoms with E-state index in [2.05, 4.69) is 11.8 Å². The Morgan fingerprint density at radius 2 is 1.42 bits per heavy atom. The van der Waals surface area contributed by atoms with E-state index in [1.807, 2.05) is 24.3 Å². The summed E-state index contributed by atoms with van der Waals surface area (Å²) in [5.41, 5.74) is 1.34. The molecule has 2 rings (SSSR count). The van der Waals surface area contributed by atoms with Crippen LogP contribution in [0.4, 0.5) is 0 Å². The van der Waals surface area contributed by atoms with Gasteiger partial charge < -0.3 is 24.1 Å². The third kappa shape index (κ3) is 3.92. The standard InChI is InChI=1S/C19H20O5/c1-21-15-8-5-13(6-9-15)7-10-16(20)14-11-17(22-2)19(24-4)18(12-14)23-3/h5-6,8-9,11-12,16,20H,1-4H3. The van der Waals surface area contributed by atoms with Gasteiger partial charge in [0, 0.05) is 11.1 Å². The molecule has 0 saturated carbocycles. The Hall–Kier alpha value is -2.84. The first kappa shape index (κ1) is 17.5. The number of aliphatic hydroxyl groups is 1. The third-order valence-electron chi connectivity index (χ3n) is 3.45. The third-order valence-corrected chi connectivity index (χ3v) is 3.45. The van der Waals surface area contributed by atoms with Gasteiger partial charge in [-0.05, 0) is 36.4 Å². The molecule has 0 bridgehead atoms. The van der Waals surface area contributed by atoms with E-state index >= 15 is 0 Å². The second kappa shape index (κ2) is 8.14. The highest BCUT2D eigenvalue weighted by molar-refractivity contribution is 5.55. The minimum absolute atomic E-state index is 0.470. The molecule has 1 unspecified atom stereocenters. The van der Waals surface area contributed by atoms with Gasteiger partial charge in [0.2, 0.25) is 5.75 Å². The van der Waals surface area contributed by atoms with E-state index in [-0.39, 0.29) is 0 Å². The van der Waals surface area contributed by atoms with Gasteiger partial charge in [0.15, 0.2) is 11.5 Å². The molecule has 0 fully saturated rings. The Balaban J connectivity index is 2.29. The van der Waals surface area contributed by atoms with Crippen LogP contribution in [0.15, 0.2) is 36.4 Å². The van der Waals surface area contributed by atoms with E-state index in [0.717, 1.165) is 11.3 Å². The van der Waals surface area contributed by atoms with Crippen LogP contribution in [0.3, 0.4) is 0 Å². The van der Waals surface area contributed by atoms with Crippen LogP contribution < -0.4 is 18.9 Å². The van der Waals surface area contributed by atoms with E-state index in [0.29, 0.717) is 22.8 Å². The molecule has 1 N–H and O–H groups in total. The van der Waals surface area contributed by atoms with Gasteiger partial charge in [0.1, 0.15) is 11.9 Å². The summed E-state index contributed by atoms with van der Waals surface area (Å²) < 4.78 is 20.9. The van der Waals surface area contributed by atoms with Gasteiger partial charge >= 0.3 is 0 Å². The SMILES string of the molecule is COc1ccc(C#CC(O)c2cc(OC)c(OC)c(OC)c2)cc1. The Bertz CT molecular complexity index is 716. The smallest absolute Gasteiger partial charge is 0.203 e. The zero-order valence-corrected chi connectivity index (χ0v) is 14.1. The molecule has 0 amide bonds. The molecule has 0 heterocycles. The first-order valence-electron chi connectivity index (χ1n) is 7.26. The fraction of sp³-hybridized carbons (Fsp3) is 0.263. The molecule has 0 radical (unpaired) electrons. The van der Waals surface area contributed by atoms with Crippen LogP contribution in [0.25, 0.3) is 0 Å². The first-order valence-corrected chi connectivity index (χ1v) is 7.26. The Kier molecular flexibility index (Phi) is 5.94. The summed E-state index contributed by atoms with van der Waals surface area (Å²) in [6.07, 6.45) is -0.985. The molecule has 5 nitrogen and oxygen atoms in total. The van der Waals surface area contributed by atoms with Crippen molar-refractivity contribution in [3.63, 3.8) is 0 Å². The molecule has 2 aromatic rings. The van der Waals surface area contributed by atoms with Crippen molar-refractivity contribution in [3.8, 4) is 34.8 Å². The van der Waals surface area contributed by atoms with Gasteiger partial charge in [0.05, 0.1) is 28.4 Å². The monoisotopic (exact) mass is 328 g/mol. The summed E-state index contributed by atoms with van der Waals surface area (Å²) in [6.45, 7) is 0. The van der Waals surface area contributed by atoms with E-state index in [1.54, 1.807) is 19.2 Å². The van der Waals surface area contributed by atoms with Crippen LogP contribution in [0.5, 0.6) is 23.0 Å². The topological polar surface area (TPSA) is 57.2 Å². The van der Waals surface area contributed by atoms with E-state index in [4.69, 9.17) is 18.9 Å². The maximum Gasteiger partial charge on any atom is 0.203 e. The van der Waals surface area contributed by atoms with Gasteiger partial charge in [-0.15, -0.1) is 0 Å². The van der Waals surface area contributed by atoms with Gasteiger partial charge in [-0.1, -0.05) is 11.8 Å². The highest BCUT2D eigenvalue weighted by atomic mass is 16.5. The van der Waals surface area contributed by atoms with Crippen LogP contribution in [0.1, 0.15) is 17.2 Å². The van der Waals surface area contributed by atoms with Crippen molar-refractivity contribution in [2.45, 2.75) is 6.10 Å². The van der Waals surface area contributed by atoms with Crippen molar-refractivity contribution in [2.24, 2.45) is 0 Å². The fourth-order valence-corrected chi connectivity index (χ4v) is 2.17. The minimum Gasteiger partial charge on any atom is -0.497 e. The van der Waals surface area contributed by atoms with Crippen LogP contribution in [-0.2, 0) is 0 Å². The zero-order valence-electron chi connectivity index (χ0n) is 14.1. The summed E-state index contributed by atoms with van der Waals surface area (Å²) in [6, 6.07) is 10.6. The molecule has 0 aliphatic carbocycles. The quantitative estimate of drug-likeness (QED) is 0.855. The number of aliphatic hydroxyl groups excluding tert-OH is 1. The second-order valence-electron chi connectivity index (χ2n) is 4.86. The van der Waals surface area contributed by atoms with E-state index in [9.17, 15) is 5.11 Å². The lowest BCUT2D eigenvalue weighted by atomic mass is 10.1. The van der Waals surface area contributed by atoms with Crippen molar-refractivity contribution in [3.05, 3.63) is 47.5 Å². The maximum absolute atomic E-state index is 10.3. The van der Waals surface area contributed by atoms with Gasteiger partial charge in [0.25, 0.3) is 0 Å². The molecule has 0 saturated heterocycles. The van der Waals surface area contributed by atoms with E-state index < -0.39 is 6.10 Å². The Morgan fingerprint density at radius 3 is 1.88 bits per heavy atom. The summed E-state index contributed by atoms with van der Waals surface area (Å²) in [5.74, 6) is 7.90.